The number of aromatic nitrogens is 1. The smallest absolute Gasteiger partial charge is 0.234 e. The lowest BCUT2D eigenvalue weighted by Crippen LogP contribution is -2.14. The maximum absolute atomic E-state index is 12.0. The molecule has 2 rings (SSSR count). The molecule has 112 valence electrons. The third-order valence-corrected chi connectivity index (χ3v) is 4.12. The Morgan fingerprint density at radius 2 is 2.05 bits per heavy atom. The molecular formula is C16H14ClN3OS. The van der Waals surface area contributed by atoms with Gasteiger partial charge in [-0.1, -0.05) is 23.4 Å². The number of nitriles is 1. The number of nitrogens with zero attached hydrogens (tertiary/aromatic N) is 2. The van der Waals surface area contributed by atoms with Crippen molar-refractivity contribution in [3.8, 4) is 6.07 Å². The van der Waals surface area contributed by atoms with Crippen LogP contribution in [0.3, 0.4) is 0 Å². The van der Waals surface area contributed by atoms with E-state index in [1.165, 1.54) is 11.8 Å². The van der Waals surface area contributed by atoms with Crippen LogP contribution in [0.25, 0.3) is 0 Å². The van der Waals surface area contributed by atoms with Gasteiger partial charge < -0.3 is 5.32 Å². The highest BCUT2D eigenvalue weighted by molar-refractivity contribution is 8.00. The van der Waals surface area contributed by atoms with Gasteiger partial charge >= 0.3 is 0 Å². The molecule has 0 radical (unpaired) electrons. The number of rotatable bonds is 4. The van der Waals surface area contributed by atoms with E-state index in [1.54, 1.807) is 24.3 Å². The van der Waals surface area contributed by atoms with Crippen LogP contribution in [0.2, 0.25) is 5.02 Å². The molecule has 22 heavy (non-hydrogen) atoms. The molecular weight excluding hydrogens is 318 g/mol. The minimum atomic E-state index is -0.155. The lowest BCUT2D eigenvalue weighted by Gasteiger charge is -2.08. The maximum Gasteiger partial charge on any atom is 0.234 e. The van der Waals surface area contributed by atoms with Crippen LogP contribution in [0.4, 0.5) is 5.69 Å². The summed E-state index contributed by atoms with van der Waals surface area (Å²) in [5.41, 5.74) is 2.91. The number of hydrogen-bond donors (Lipinski definition) is 1. The number of anilines is 1. The summed E-state index contributed by atoms with van der Waals surface area (Å²) in [6.07, 6.45) is 0. The first kappa shape index (κ1) is 16.3. The van der Waals surface area contributed by atoms with Gasteiger partial charge in [-0.25, -0.2) is 4.98 Å². The Hall–Kier alpha value is -2.03. The van der Waals surface area contributed by atoms with Crippen molar-refractivity contribution in [2.75, 3.05) is 11.1 Å². The number of pyridine rings is 1. The predicted octanol–water partition coefficient (Wildman–Crippen LogP) is 3.95. The van der Waals surface area contributed by atoms with E-state index < -0.39 is 0 Å². The van der Waals surface area contributed by atoms with Crippen molar-refractivity contribution in [1.29, 1.82) is 5.26 Å². The summed E-state index contributed by atoms with van der Waals surface area (Å²) >= 11 is 7.06. The summed E-state index contributed by atoms with van der Waals surface area (Å²) in [5.74, 6) is 0.0323. The molecule has 1 aromatic carbocycles. The summed E-state index contributed by atoms with van der Waals surface area (Å²) in [6.45, 7) is 3.73. The monoisotopic (exact) mass is 331 g/mol. The van der Waals surface area contributed by atoms with Crippen molar-refractivity contribution in [1.82, 2.24) is 4.98 Å². The molecule has 0 bridgehead atoms. The quantitative estimate of drug-likeness (QED) is 0.861. The number of carbonyl (C=O) groups excluding carboxylic acids is 1. The largest absolute Gasteiger partial charge is 0.325 e. The Kier molecular flexibility index (Phi) is 5.42. The number of benzene rings is 1. The van der Waals surface area contributed by atoms with Crippen LogP contribution in [-0.2, 0) is 4.79 Å². The fourth-order valence-corrected chi connectivity index (χ4v) is 2.93. The molecule has 6 heteroatoms. The summed E-state index contributed by atoms with van der Waals surface area (Å²) in [5, 5.41) is 13.2. The maximum atomic E-state index is 12.0. The van der Waals surface area contributed by atoms with Crippen molar-refractivity contribution in [3.05, 3.63) is 52.2 Å². The average molecular weight is 332 g/mol. The number of carbonyl (C=O) groups is 1. The molecule has 0 aliphatic carbocycles. The number of amides is 1. The van der Waals surface area contributed by atoms with Gasteiger partial charge in [0.15, 0.2) is 0 Å². The molecule has 4 nitrogen and oxygen atoms in total. The lowest BCUT2D eigenvalue weighted by atomic mass is 10.1. The van der Waals surface area contributed by atoms with Gasteiger partial charge in [-0.3, -0.25) is 4.79 Å². The number of nitrogens with one attached hydrogen (secondary N) is 1. The zero-order chi connectivity index (χ0) is 16.1. The van der Waals surface area contributed by atoms with Gasteiger partial charge in [-0.2, -0.15) is 5.26 Å². The molecule has 0 spiro atoms. The number of thioether (sulfide) groups is 1. The highest BCUT2D eigenvalue weighted by Gasteiger charge is 2.11. The molecule has 0 saturated heterocycles. The summed E-state index contributed by atoms with van der Waals surface area (Å²) in [4.78, 5) is 16.3. The molecule has 2 aromatic rings. The lowest BCUT2D eigenvalue weighted by molar-refractivity contribution is -0.113. The second-order valence-corrected chi connectivity index (χ2v) is 6.12. The first-order valence-electron chi connectivity index (χ1n) is 6.56. The molecule has 0 atom stereocenters. The minimum Gasteiger partial charge on any atom is -0.325 e. The molecule has 1 N–H and O–H groups in total. The Morgan fingerprint density at radius 3 is 2.68 bits per heavy atom. The van der Waals surface area contributed by atoms with E-state index in [0.29, 0.717) is 21.3 Å². The molecule has 0 aliphatic heterocycles. The van der Waals surface area contributed by atoms with E-state index in [1.807, 2.05) is 19.9 Å². The normalized spacial score (nSPS) is 10.1. The number of hydrogen-bond acceptors (Lipinski definition) is 4. The Balaban J connectivity index is 2.02. The van der Waals surface area contributed by atoms with E-state index in [4.69, 9.17) is 11.6 Å². The minimum absolute atomic E-state index is 0.155. The topological polar surface area (TPSA) is 65.8 Å². The first-order valence-corrected chi connectivity index (χ1v) is 7.92. The van der Waals surface area contributed by atoms with E-state index >= 15 is 0 Å². The predicted molar refractivity (Wildman–Crippen MR) is 89.2 cm³/mol. The first-order chi connectivity index (χ1) is 10.5. The van der Waals surface area contributed by atoms with E-state index in [9.17, 15) is 10.1 Å². The van der Waals surface area contributed by atoms with Gasteiger partial charge in [0.2, 0.25) is 5.91 Å². The third kappa shape index (κ3) is 4.23. The van der Waals surface area contributed by atoms with Crippen molar-refractivity contribution < 1.29 is 4.79 Å². The molecule has 1 amide bonds. The molecule has 1 heterocycles. The van der Waals surface area contributed by atoms with Crippen LogP contribution in [0.1, 0.15) is 16.8 Å². The van der Waals surface area contributed by atoms with Crippen LogP contribution in [0.15, 0.2) is 35.4 Å². The summed E-state index contributed by atoms with van der Waals surface area (Å²) in [6, 6.07) is 10.9. The van der Waals surface area contributed by atoms with Gasteiger partial charge in [-0.15, -0.1) is 0 Å². The van der Waals surface area contributed by atoms with E-state index in [-0.39, 0.29) is 11.7 Å². The van der Waals surface area contributed by atoms with Crippen molar-refractivity contribution >= 4 is 35.0 Å². The second kappa shape index (κ2) is 7.30. The number of halogens is 1. The fraction of sp³-hybridized carbons (Fsp3) is 0.188. The standard InChI is InChI=1S/C16H14ClN3OS/c1-10-7-11(2)19-16(14(10)8-18)22-9-15(21)20-13-5-3-12(17)4-6-13/h3-7H,9H2,1-2H3,(H,20,21). The highest BCUT2D eigenvalue weighted by Crippen LogP contribution is 2.23. The SMILES string of the molecule is Cc1cc(C)c(C#N)c(SCC(=O)Nc2ccc(Cl)cc2)n1. The van der Waals surface area contributed by atoms with Crippen molar-refractivity contribution in [2.24, 2.45) is 0 Å². The average Bonchev–Trinajstić information content (AvgIpc) is 2.47. The fourth-order valence-electron chi connectivity index (χ4n) is 1.91. The van der Waals surface area contributed by atoms with Crippen molar-refractivity contribution in [3.63, 3.8) is 0 Å². The molecule has 0 unspecified atom stereocenters. The van der Waals surface area contributed by atoms with Crippen molar-refractivity contribution in [2.45, 2.75) is 18.9 Å². The van der Waals surface area contributed by atoms with Gasteiger partial charge in [0.25, 0.3) is 0 Å². The summed E-state index contributed by atoms with van der Waals surface area (Å²) in [7, 11) is 0. The Labute approximate surface area is 138 Å². The van der Waals surface area contributed by atoms with Crippen LogP contribution in [0.5, 0.6) is 0 Å². The third-order valence-electron chi connectivity index (χ3n) is 2.89. The van der Waals surface area contributed by atoms with Crippen LogP contribution >= 0.6 is 23.4 Å². The van der Waals surface area contributed by atoms with Gasteiger partial charge in [0.1, 0.15) is 11.1 Å². The Bertz CT molecular complexity index is 738. The van der Waals surface area contributed by atoms with E-state index in [0.717, 1.165) is 11.3 Å². The van der Waals surface area contributed by atoms with Gasteiger partial charge in [0, 0.05) is 16.4 Å². The molecule has 0 saturated carbocycles. The molecule has 0 aliphatic rings. The summed E-state index contributed by atoms with van der Waals surface area (Å²) < 4.78 is 0. The van der Waals surface area contributed by atoms with Crippen LogP contribution in [-0.4, -0.2) is 16.6 Å². The zero-order valence-electron chi connectivity index (χ0n) is 12.2. The second-order valence-electron chi connectivity index (χ2n) is 4.72. The zero-order valence-corrected chi connectivity index (χ0v) is 13.8. The Morgan fingerprint density at radius 1 is 1.36 bits per heavy atom. The van der Waals surface area contributed by atoms with E-state index in [2.05, 4.69) is 16.4 Å². The van der Waals surface area contributed by atoms with Crippen LogP contribution in [0, 0.1) is 25.2 Å². The van der Waals surface area contributed by atoms with Crippen LogP contribution < -0.4 is 5.32 Å². The highest BCUT2D eigenvalue weighted by atomic mass is 35.5. The molecule has 0 fully saturated rings. The van der Waals surface area contributed by atoms with Gasteiger partial charge in [-0.05, 0) is 49.7 Å². The number of aryl methyl sites for hydroxylation is 2. The van der Waals surface area contributed by atoms with Gasteiger partial charge in [0.05, 0.1) is 11.3 Å². The molecule has 1 aromatic heterocycles.